The minimum Gasteiger partial charge on any atom is -0.355 e. The van der Waals surface area contributed by atoms with Gasteiger partial charge in [-0.1, -0.05) is 17.4 Å². The molecule has 3 aromatic rings. The first-order valence-corrected chi connectivity index (χ1v) is 12.8. The van der Waals surface area contributed by atoms with E-state index in [9.17, 15) is 9.18 Å². The zero-order valence-electron chi connectivity index (χ0n) is 18.6. The number of halogens is 1. The fraction of sp³-hybridized carbons (Fsp3) is 0.417. The number of piperazine rings is 1. The molecule has 0 spiro atoms. The highest BCUT2D eigenvalue weighted by molar-refractivity contribution is 7.99. The molecule has 0 radical (unpaired) electrons. The van der Waals surface area contributed by atoms with E-state index in [-0.39, 0.29) is 11.7 Å². The molecule has 170 valence electrons. The topological polar surface area (TPSA) is 48.5 Å². The predicted octanol–water partition coefficient (Wildman–Crippen LogP) is 4.47. The number of hydrogen-bond donors (Lipinski definition) is 1. The Balaban J connectivity index is 1.15. The molecule has 1 N–H and O–H groups in total. The molecule has 1 amide bonds. The molecule has 1 aromatic heterocycles. The second-order valence-electron chi connectivity index (χ2n) is 8.16. The molecular weight excluding hydrogens is 443 g/mol. The Morgan fingerprint density at radius 3 is 2.66 bits per heavy atom. The summed E-state index contributed by atoms with van der Waals surface area (Å²) in [5.41, 5.74) is 3.65. The number of thiazole rings is 1. The molecule has 0 bridgehead atoms. The fourth-order valence-corrected chi connectivity index (χ4v) is 5.94. The van der Waals surface area contributed by atoms with Crippen molar-refractivity contribution in [2.75, 3.05) is 49.9 Å². The highest BCUT2D eigenvalue weighted by Crippen LogP contribution is 2.32. The summed E-state index contributed by atoms with van der Waals surface area (Å²) in [7, 11) is 0. The van der Waals surface area contributed by atoms with E-state index in [0.29, 0.717) is 18.7 Å². The highest BCUT2D eigenvalue weighted by atomic mass is 32.2. The lowest BCUT2D eigenvalue weighted by atomic mass is 10.1. The normalized spacial score (nSPS) is 14.8. The van der Waals surface area contributed by atoms with Crippen LogP contribution in [0.3, 0.4) is 0 Å². The van der Waals surface area contributed by atoms with E-state index >= 15 is 0 Å². The summed E-state index contributed by atoms with van der Waals surface area (Å²) >= 11 is 3.35. The summed E-state index contributed by atoms with van der Waals surface area (Å²) < 4.78 is 14.2. The number of thioether (sulfide) groups is 1. The van der Waals surface area contributed by atoms with Gasteiger partial charge in [-0.2, -0.15) is 0 Å². The average molecular weight is 473 g/mol. The van der Waals surface area contributed by atoms with Gasteiger partial charge >= 0.3 is 0 Å². The third-order valence-corrected chi connectivity index (χ3v) is 7.70. The summed E-state index contributed by atoms with van der Waals surface area (Å²) in [5.74, 6) is 0.522. The molecule has 2 heterocycles. The van der Waals surface area contributed by atoms with Crippen LogP contribution in [-0.4, -0.2) is 60.8 Å². The number of amides is 1. The van der Waals surface area contributed by atoms with Crippen LogP contribution in [-0.2, 0) is 4.79 Å². The van der Waals surface area contributed by atoms with Gasteiger partial charge in [-0.25, -0.2) is 9.37 Å². The van der Waals surface area contributed by atoms with E-state index in [4.69, 9.17) is 4.98 Å². The van der Waals surface area contributed by atoms with Crippen LogP contribution in [0.4, 0.5) is 9.52 Å². The first-order chi connectivity index (χ1) is 15.5. The standard InChI is InChI=1S/C24H29FN4OS2/c1-17-15-18(2)23-21(16-17)32-24(27-23)29-12-10-28(11-13-29)9-8-26-22(30)7-14-31-20-5-3-19(25)4-6-20/h3-6,15-16H,7-14H2,1-2H3,(H,26,30). The van der Waals surface area contributed by atoms with Crippen LogP contribution in [0, 0.1) is 19.7 Å². The fourth-order valence-electron chi connectivity index (χ4n) is 3.89. The Kier molecular flexibility index (Phi) is 7.65. The molecule has 0 saturated carbocycles. The third-order valence-electron chi connectivity index (χ3n) is 5.62. The van der Waals surface area contributed by atoms with Crippen LogP contribution in [0.5, 0.6) is 0 Å². The maximum atomic E-state index is 12.9. The van der Waals surface area contributed by atoms with Crippen LogP contribution in [0.1, 0.15) is 17.5 Å². The number of carbonyl (C=O) groups excluding carboxylic acids is 1. The van der Waals surface area contributed by atoms with E-state index in [1.165, 1.54) is 28.0 Å². The Hall–Kier alpha value is -2.16. The van der Waals surface area contributed by atoms with Gasteiger partial charge < -0.3 is 10.2 Å². The van der Waals surface area contributed by atoms with Crippen molar-refractivity contribution in [1.29, 1.82) is 0 Å². The number of benzene rings is 2. The van der Waals surface area contributed by atoms with Crippen molar-refractivity contribution >= 4 is 44.4 Å². The van der Waals surface area contributed by atoms with Crippen molar-refractivity contribution in [2.45, 2.75) is 25.2 Å². The van der Waals surface area contributed by atoms with Crippen molar-refractivity contribution < 1.29 is 9.18 Å². The van der Waals surface area contributed by atoms with Gasteiger partial charge in [0.1, 0.15) is 5.82 Å². The van der Waals surface area contributed by atoms with Gasteiger partial charge in [0.15, 0.2) is 5.13 Å². The largest absolute Gasteiger partial charge is 0.355 e. The van der Waals surface area contributed by atoms with Crippen LogP contribution in [0.2, 0.25) is 0 Å². The lowest BCUT2D eigenvalue weighted by molar-refractivity contribution is -0.120. The molecule has 32 heavy (non-hydrogen) atoms. The Bertz CT molecular complexity index is 1060. The molecule has 8 heteroatoms. The smallest absolute Gasteiger partial charge is 0.220 e. The SMILES string of the molecule is Cc1cc(C)c2nc(N3CCN(CCNC(=O)CCSc4ccc(F)cc4)CC3)sc2c1. The van der Waals surface area contributed by atoms with Crippen molar-refractivity contribution in [3.05, 3.63) is 53.3 Å². The van der Waals surface area contributed by atoms with E-state index < -0.39 is 0 Å². The molecule has 1 aliphatic heterocycles. The summed E-state index contributed by atoms with van der Waals surface area (Å²) in [6.07, 6.45) is 0.465. The van der Waals surface area contributed by atoms with Gasteiger partial charge in [0.25, 0.3) is 0 Å². The molecule has 5 nitrogen and oxygen atoms in total. The van der Waals surface area contributed by atoms with Crippen molar-refractivity contribution in [3.63, 3.8) is 0 Å². The van der Waals surface area contributed by atoms with Crippen LogP contribution in [0.15, 0.2) is 41.3 Å². The minimum atomic E-state index is -0.238. The van der Waals surface area contributed by atoms with Crippen LogP contribution >= 0.6 is 23.1 Å². The average Bonchev–Trinajstić information content (AvgIpc) is 3.20. The maximum Gasteiger partial charge on any atom is 0.220 e. The monoisotopic (exact) mass is 472 g/mol. The molecule has 1 aliphatic rings. The number of hydrogen-bond acceptors (Lipinski definition) is 6. The first-order valence-electron chi connectivity index (χ1n) is 11.0. The number of nitrogens with zero attached hydrogens (tertiary/aromatic N) is 3. The summed E-state index contributed by atoms with van der Waals surface area (Å²) in [6.45, 7) is 9.66. The lowest BCUT2D eigenvalue weighted by Crippen LogP contribution is -2.48. The molecule has 0 atom stereocenters. The Labute approximate surface area is 197 Å². The van der Waals surface area contributed by atoms with Gasteiger partial charge in [-0.3, -0.25) is 9.69 Å². The Morgan fingerprint density at radius 1 is 1.16 bits per heavy atom. The quantitative estimate of drug-likeness (QED) is 0.490. The van der Waals surface area contributed by atoms with E-state index in [0.717, 1.165) is 48.3 Å². The zero-order chi connectivity index (χ0) is 22.5. The van der Waals surface area contributed by atoms with Crippen molar-refractivity contribution in [1.82, 2.24) is 15.2 Å². The van der Waals surface area contributed by atoms with Crippen LogP contribution < -0.4 is 10.2 Å². The van der Waals surface area contributed by atoms with Gasteiger partial charge in [-0.05, 0) is 55.3 Å². The van der Waals surface area contributed by atoms with Gasteiger partial charge in [0.2, 0.25) is 5.91 Å². The van der Waals surface area contributed by atoms with E-state index in [1.54, 1.807) is 35.2 Å². The molecule has 2 aromatic carbocycles. The highest BCUT2D eigenvalue weighted by Gasteiger charge is 2.20. The number of rotatable bonds is 8. The molecule has 0 unspecified atom stereocenters. The van der Waals surface area contributed by atoms with Crippen molar-refractivity contribution in [2.24, 2.45) is 0 Å². The molecule has 4 rings (SSSR count). The summed E-state index contributed by atoms with van der Waals surface area (Å²) in [5, 5.41) is 4.13. The number of aromatic nitrogens is 1. The lowest BCUT2D eigenvalue weighted by Gasteiger charge is -2.34. The minimum absolute atomic E-state index is 0.0680. The second kappa shape index (κ2) is 10.6. The predicted molar refractivity (Wildman–Crippen MR) is 132 cm³/mol. The number of nitrogens with one attached hydrogen (secondary N) is 1. The third kappa shape index (κ3) is 5.99. The summed E-state index contributed by atoms with van der Waals surface area (Å²) in [6, 6.07) is 10.8. The van der Waals surface area contributed by atoms with Crippen molar-refractivity contribution in [3.8, 4) is 0 Å². The second-order valence-corrected chi connectivity index (χ2v) is 10.3. The van der Waals surface area contributed by atoms with E-state index in [1.807, 2.05) is 0 Å². The van der Waals surface area contributed by atoms with Gasteiger partial charge in [-0.15, -0.1) is 11.8 Å². The van der Waals surface area contributed by atoms with Crippen LogP contribution in [0.25, 0.3) is 10.2 Å². The number of aryl methyl sites for hydroxylation is 2. The molecular formula is C24H29FN4OS2. The van der Waals surface area contributed by atoms with Gasteiger partial charge in [0.05, 0.1) is 10.2 Å². The summed E-state index contributed by atoms with van der Waals surface area (Å²) in [4.78, 5) is 22.7. The Morgan fingerprint density at radius 2 is 1.91 bits per heavy atom. The number of carbonyl (C=O) groups is 1. The molecule has 0 aliphatic carbocycles. The van der Waals surface area contributed by atoms with Gasteiger partial charge in [0, 0.05) is 56.3 Å². The number of fused-ring (bicyclic) bond motifs is 1. The first kappa shape index (κ1) is 23.0. The number of anilines is 1. The molecule has 1 saturated heterocycles. The maximum absolute atomic E-state index is 12.9. The molecule has 1 fully saturated rings. The zero-order valence-corrected chi connectivity index (χ0v) is 20.2. The van der Waals surface area contributed by atoms with E-state index in [2.05, 4.69) is 41.1 Å².